The van der Waals surface area contributed by atoms with Crippen molar-refractivity contribution in [2.45, 2.75) is 31.1 Å². The number of sulfonamides is 1. The largest absolute Gasteiger partial charge is 0.319 e. The quantitative estimate of drug-likeness (QED) is 0.399. The van der Waals surface area contributed by atoms with Crippen LogP contribution in [0, 0.1) is 0 Å². The molecule has 0 radical (unpaired) electrons. The van der Waals surface area contributed by atoms with Crippen molar-refractivity contribution < 1.29 is 13.2 Å². The second kappa shape index (κ2) is 9.72. The van der Waals surface area contributed by atoms with E-state index in [1.54, 1.807) is 36.4 Å². The number of carbonyl (C=O) groups excluding carboxylic acids is 1. The summed E-state index contributed by atoms with van der Waals surface area (Å²) >= 11 is 1.47. The molecule has 0 fully saturated rings. The van der Waals surface area contributed by atoms with Crippen LogP contribution in [-0.4, -0.2) is 18.9 Å². The number of aryl methyl sites for hydroxylation is 2. The van der Waals surface area contributed by atoms with E-state index in [0.717, 1.165) is 29.5 Å². The van der Waals surface area contributed by atoms with E-state index < -0.39 is 15.9 Å². The molecular weight excluding hydrogens is 454 g/mol. The molecule has 0 bridgehead atoms. The highest BCUT2D eigenvalue weighted by molar-refractivity contribution is 7.92. The lowest BCUT2D eigenvalue weighted by atomic mass is 10.1. The van der Waals surface area contributed by atoms with E-state index in [4.69, 9.17) is 0 Å². The second-order valence-electron chi connectivity index (χ2n) is 7.77. The smallest absolute Gasteiger partial charge is 0.279 e. The van der Waals surface area contributed by atoms with E-state index >= 15 is 0 Å². The minimum Gasteiger partial charge on any atom is -0.319 e. The van der Waals surface area contributed by atoms with E-state index in [2.05, 4.69) is 34.8 Å². The van der Waals surface area contributed by atoms with Crippen LogP contribution in [0.5, 0.6) is 0 Å². The Bertz CT molecular complexity index is 1470. The van der Waals surface area contributed by atoms with Crippen molar-refractivity contribution >= 4 is 43.2 Å². The van der Waals surface area contributed by atoms with E-state index in [1.807, 2.05) is 11.6 Å². The van der Waals surface area contributed by atoms with Gasteiger partial charge in [0.15, 0.2) is 4.80 Å². The van der Waals surface area contributed by atoms with Gasteiger partial charge in [-0.25, -0.2) is 8.42 Å². The first-order valence-corrected chi connectivity index (χ1v) is 13.0. The summed E-state index contributed by atoms with van der Waals surface area (Å²) < 4.78 is 30.7. The first kappa shape index (κ1) is 22.9. The van der Waals surface area contributed by atoms with Gasteiger partial charge in [0.05, 0.1) is 15.1 Å². The van der Waals surface area contributed by atoms with Crippen molar-refractivity contribution in [3.8, 4) is 0 Å². The molecule has 1 N–H and O–H groups in total. The van der Waals surface area contributed by atoms with Gasteiger partial charge in [0.2, 0.25) is 0 Å². The van der Waals surface area contributed by atoms with Gasteiger partial charge in [-0.15, -0.1) is 0 Å². The summed E-state index contributed by atoms with van der Waals surface area (Å²) in [4.78, 5) is 18.0. The summed E-state index contributed by atoms with van der Waals surface area (Å²) in [6.45, 7) is 2.17. The maximum Gasteiger partial charge on any atom is 0.279 e. The number of amides is 1. The standard InChI is InChI=1S/C25H25N3O3S2/c1-3-4-9-18-14-15-22-23(16-18)32-25(28(22)2)26-24(29)19-10-8-11-20(17-19)27-33(30,31)21-12-6-5-7-13-21/h5-8,10-17,27H,3-4,9H2,1-2H3. The summed E-state index contributed by atoms with van der Waals surface area (Å²) in [5.74, 6) is -0.427. The molecule has 4 rings (SSSR count). The number of benzene rings is 3. The molecule has 1 amide bonds. The first-order chi connectivity index (χ1) is 15.9. The van der Waals surface area contributed by atoms with E-state index in [0.29, 0.717) is 16.1 Å². The molecule has 0 saturated carbocycles. The third-order valence-corrected chi connectivity index (χ3v) is 7.80. The lowest BCUT2D eigenvalue weighted by Gasteiger charge is -2.08. The zero-order chi connectivity index (χ0) is 23.4. The molecule has 0 saturated heterocycles. The Hall–Kier alpha value is -3.23. The number of thiazole rings is 1. The highest BCUT2D eigenvalue weighted by atomic mass is 32.2. The molecule has 33 heavy (non-hydrogen) atoms. The average Bonchev–Trinajstić information content (AvgIpc) is 3.12. The predicted octanol–water partition coefficient (Wildman–Crippen LogP) is 5.12. The van der Waals surface area contributed by atoms with Gasteiger partial charge >= 0.3 is 0 Å². The van der Waals surface area contributed by atoms with Gasteiger partial charge in [-0.3, -0.25) is 9.52 Å². The Morgan fingerprint density at radius 1 is 1.03 bits per heavy atom. The topological polar surface area (TPSA) is 80.5 Å². The van der Waals surface area contributed by atoms with Crippen molar-refractivity contribution in [1.82, 2.24) is 4.57 Å². The summed E-state index contributed by atoms with van der Waals surface area (Å²) in [5.41, 5.74) is 2.92. The van der Waals surface area contributed by atoms with Crippen LogP contribution in [0.4, 0.5) is 5.69 Å². The van der Waals surface area contributed by atoms with Gasteiger partial charge in [0.1, 0.15) is 0 Å². The summed E-state index contributed by atoms with van der Waals surface area (Å²) in [7, 11) is -1.85. The van der Waals surface area contributed by atoms with Gasteiger partial charge in [-0.05, 0) is 60.9 Å². The number of carbonyl (C=O) groups is 1. The zero-order valence-electron chi connectivity index (χ0n) is 18.5. The number of aromatic nitrogens is 1. The van der Waals surface area contributed by atoms with Crippen LogP contribution in [0.15, 0.2) is 82.7 Å². The fourth-order valence-electron chi connectivity index (χ4n) is 3.50. The molecule has 0 atom stereocenters. The lowest BCUT2D eigenvalue weighted by molar-refractivity contribution is 0.0998. The Kier molecular flexibility index (Phi) is 6.76. The number of unbranched alkanes of at least 4 members (excludes halogenated alkanes) is 1. The summed E-state index contributed by atoms with van der Waals surface area (Å²) in [6, 6.07) is 20.8. The van der Waals surface area contributed by atoms with Crippen molar-refractivity contribution in [2.75, 3.05) is 4.72 Å². The molecule has 1 aromatic heterocycles. The fourth-order valence-corrected chi connectivity index (χ4v) is 5.65. The number of rotatable bonds is 7. The third kappa shape index (κ3) is 5.23. The normalized spacial score (nSPS) is 12.2. The Labute approximate surface area is 197 Å². The highest BCUT2D eigenvalue weighted by Crippen LogP contribution is 2.21. The number of fused-ring (bicyclic) bond motifs is 1. The Morgan fingerprint density at radius 2 is 1.82 bits per heavy atom. The number of hydrogen-bond donors (Lipinski definition) is 1. The summed E-state index contributed by atoms with van der Waals surface area (Å²) in [5, 5.41) is 0. The van der Waals surface area contributed by atoms with E-state index in [-0.39, 0.29) is 4.90 Å². The molecule has 1 heterocycles. The molecule has 6 nitrogen and oxygen atoms in total. The van der Waals surface area contributed by atoms with Gasteiger partial charge in [0, 0.05) is 18.3 Å². The molecule has 0 aliphatic rings. The molecule has 4 aromatic rings. The zero-order valence-corrected chi connectivity index (χ0v) is 20.1. The number of anilines is 1. The molecule has 8 heteroatoms. The SMILES string of the molecule is CCCCc1ccc2c(c1)sc(=NC(=O)c1cccc(NS(=O)(=O)c3ccccc3)c1)n2C. The minimum atomic E-state index is -3.74. The molecule has 0 aliphatic carbocycles. The van der Waals surface area contributed by atoms with Crippen LogP contribution in [0.3, 0.4) is 0 Å². The van der Waals surface area contributed by atoms with Crippen molar-refractivity contribution in [2.24, 2.45) is 12.0 Å². The van der Waals surface area contributed by atoms with Crippen LogP contribution in [0.25, 0.3) is 10.2 Å². The maximum atomic E-state index is 12.9. The monoisotopic (exact) mass is 479 g/mol. The second-order valence-corrected chi connectivity index (χ2v) is 10.5. The van der Waals surface area contributed by atoms with E-state index in [9.17, 15) is 13.2 Å². The highest BCUT2D eigenvalue weighted by Gasteiger charge is 2.15. The van der Waals surface area contributed by atoms with Crippen LogP contribution in [-0.2, 0) is 23.5 Å². The van der Waals surface area contributed by atoms with Crippen molar-refractivity contribution in [3.05, 3.63) is 88.7 Å². The number of nitrogens with one attached hydrogen (secondary N) is 1. The minimum absolute atomic E-state index is 0.155. The Morgan fingerprint density at radius 3 is 2.58 bits per heavy atom. The molecule has 3 aromatic carbocycles. The van der Waals surface area contributed by atoms with Crippen LogP contribution in [0.2, 0.25) is 0 Å². The molecule has 0 unspecified atom stereocenters. The third-order valence-electron chi connectivity index (χ3n) is 5.31. The van der Waals surface area contributed by atoms with Gasteiger partial charge in [-0.1, -0.05) is 55.0 Å². The van der Waals surface area contributed by atoms with Crippen LogP contribution in [0.1, 0.15) is 35.7 Å². The maximum absolute atomic E-state index is 12.9. The van der Waals surface area contributed by atoms with Gasteiger partial charge in [-0.2, -0.15) is 4.99 Å². The molecule has 170 valence electrons. The first-order valence-electron chi connectivity index (χ1n) is 10.7. The summed E-state index contributed by atoms with van der Waals surface area (Å²) in [6.07, 6.45) is 3.32. The predicted molar refractivity (Wildman–Crippen MR) is 133 cm³/mol. The van der Waals surface area contributed by atoms with Gasteiger partial charge < -0.3 is 4.57 Å². The Balaban J connectivity index is 1.61. The van der Waals surface area contributed by atoms with E-state index in [1.165, 1.54) is 35.1 Å². The number of nitrogens with zero attached hydrogens (tertiary/aromatic N) is 2. The van der Waals surface area contributed by atoms with Gasteiger partial charge in [0.25, 0.3) is 15.9 Å². The van der Waals surface area contributed by atoms with Crippen LogP contribution >= 0.6 is 11.3 Å². The fraction of sp³-hybridized carbons (Fsp3) is 0.200. The average molecular weight is 480 g/mol. The van der Waals surface area contributed by atoms with Crippen LogP contribution < -0.4 is 9.52 Å². The molecule has 0 spiro atoms. The van der Waals surface area contributed by atoms with Crippen molar-refractivity contribution in [1.29, 1.82) is 0 Å². The number of hydrogen-bond acceptors (Lipinski definition) is 4. The molecule has 0 aliphatic heterocycles. The molecular formula is C25H25N3O3S2. The lowest BCUT2D eigenvalue weighted by Crippen LogP contribution is -2.14. The van der Waals surface area contributed by atoms with Crippen molar-refractivity contribution in [3.63, 3.8) is 0 Å².